The van der Waals surface area contributed by atoms with Crippen LogP contribution in [0.3, 0.4) is 0 Å². The van der Waals surface area contributed by atoms with Crippen LogP contribution in [0.2, 0.25) is 5.02 Å². The number of benzene rings is 1. The smallest absolute Gasteiger partial charge is 0.188 e. The van der Waals surface area contributed by atoms with Gasteiger partial charge in [0.1, 0.15) is 5.82 Å². The molecule has 0 atom stereocenters. The Morgan fingerprint density at radius 2 is 2.20 bits per heavy atom. The van der Waals surface area contributed by atoms with Crippen LogP contribution >= 0.6 is 35.6 Å². The molecule has 0 fully saturated rings. The van der Waals surface area contributed by atoms with Crippen molar-refractivity contribution in [1.29, 1.82) is 0 Å². The third-order valence-electron chi connectivity index (χ3n) is 2.73. The van der Waals surface area contributed by atoms with Crippen LogP contribution in [0.1, 0.15) is 19.4 Å². The van der Waals surface area contributed by atoms with E-state index in [1.165, 1.54) is 12.1 Å². The predicted molar refractivity (Wildman–Crippen MR) is 94.5 cm³/mol. The topological polar surface area (TPSA) is 50.4 Å². The molecule has 0 aliphatic carbocycles. The van der Waals surface area contributed by atoms with Crippen molar-refractivity contribution in [3.8, 4) is 0 Å². The quantitative estimate of drug-likeness (QED) is 0.337. The maximum absolute atomic E-state index is 13.0. The Kier molecular flexibility index (Phi) is 8.12. The number of halogens is 3. The summed E-state index contributed by atoms with van der Waals surface area (Å²) < 4.78 is 13.0. The highest BCUT2D eigenvalue weighted by Gasteiger charge is 2.23. The maximum atomic E-state index is 13.0. The first-order valence-electron chi connectivity index (χ1n) is 5.97. The van der Waals surface area contributed by atoms with Crippen molar-refractivity contribution in [1.82, 2.24) is 5.32 Å². The molecule has 1 rings (SSSR count). The minimum Gasteiger partial charge on any atom is -0.370 e. The van der Waals surface area contributed by atoms with Gasteiger partial charge in [0.15, 0.2) is 5.96 Å². The van der Waals surface area contributed by atoms with Crippen LogP contribution in [-0.2, 0) is 5.41 Å². The van der Waals surface area contributed by atoms with E-state index in [2.05, 4.69) is 16.9 Å². The van der Waals surface area contributed by atoms with Gasteiger partial charge in [-0.05, 0) is 17.7 Å². The summed E-state index contributed by atoms with van der Waals surface area (Å²) in [5.74, 6) is 0.00595. The van der Waals surface area contributed by atoms with E-state index in [0.717, 1.165) is 5.56 Å². The van der Waals surface area contributed by atoms with Crippen molar-refractivity contribution in [2.45, 2.75) is 19.3 Å². The summed E-state index contributed by atoms with van der Waals surface area (Å²) in [4.78, 5) is 4.26. The Labute approximate surface area is 141 Å². The molecule has 0 radical (unpaired) electrons. The number of nitrogens with two attached hydrogens (primary N) is 1. The lowest BCUT2D eigenvalue weighted by Gasteiger charge is -2.24. The molecule has 3 nitrogen and oxygen atoms in total. The predicted octanol–water partition coefficient (Wildman–Crippen LogP) is 3.47. The molecule has 0 saturated carbocycles. The average Bonchev–Trinajstić information content (AvgIpc) is 2.33. The highest BCUT2D eigenvalue weighted by atomic mass is 127. The molecule has 112 valence electrons. The third kappa shape index (κ3) is 5.66. The van der Waals surface area contributed by atoms with E-state index in [0.29, 0.717) is 24.1 Å². The van der Waals surface area contributed by atoms with E-state index < -0.39 is 0 Å². The van der Waals surface area contributed by atoms with Gasteiger partial charge >= 0.3 is 0 Å². The van der Waals surface area contributed by atoms with Gasteiger partial charge in [0.2, 0.25) is 0 Å². The van der Waals surface area contributed by atoms with E-state index >= 15 is 0 Å². The lowest BCUT2D eigenvalue weighted by Crippen LogP contribution is -2.33. The molecular formula is C14H20ClFIN3. The highest BCUT2D eigenvalue weighted by Crippen LogP contribution is 2.30. The van der Waals surface area contributed by atoms with E-state index in [4.69, 9.17) is 17.3 Å². The number of aliphatic imine (C=N–C) groups is 1. The Hall–Kier alpha value is -0.820. The van der Waals surface area contributed by atoms with Gasteiger partial charge in [-0.2, -0.15) is 0 Å². The summed E-state index contributed by atoms with van der Waals surface area (Å²) in [6, 6.07) is 4.38. The molecule has 0 amide bonds. The maximum Gasteiger partial charge on any atom is 0.188 e. The second-order valence-electron chi connectivity index (χ2n) is 4.88. The molecule has 1 aromatic rings. The molecule has 0 bridgehead atoms. The molecule has 0 aliphatic heterocycles. The van der Waals surface area contributed by atoms with Gasteiger partial charge in [-0.1, -0.05) is 37.6 Å². The lowest BCUT2D eigenvalue weighted by molar-refractivity contribution is 0.536. The third-order valence-corrected chi connectivity index (χ3v) is 3.05. The second kappa shape index (κ2) is 8.46. The lowest BCUT2D eigenvalue weighted by atomic mass is 9.84. The van der Waals surface area contributed by atoms with Gasteiger partial charge in [-0.25, -0.2) is 4.39 Å². The van der Waals surface area contributed by atoms with E-state index in [9.17, 15) is 4.39 Å². The molecule has 20 heavy (non-hydrogen) atoms. The van der Waals surface area contributed by atoms with Crippen molar-refractivity contribution in [3.05, 3.63) is 47.3 Å². The molecule has 6 heteroatoms. The Balaban J connectivity index is 0.00000361. The summed E-state index contributed by atoms with van der Waals surface area (Å²) in [5, 5.41) is 3.30. The Bertz CT molecular complexity index is 489. The van der Waals surface area contributed by atoms with Crippen LogP contribution in [0.5, 0.6) is 0 Å². The van der Waals surface area contributed by atoms with E-state index in [1.807, 2.05) is 13.8 Å². The minimum atomic E-state index is -0.347. The zero-order valence-corrected chi connectivity index (χ0v) is 14.7. The summed E-state index contributed by atoms with van der Waals surface area (Å²) in [6.07, 6.45) is 1.70. The van der Waals surface area contributed by atoms with Crippen molar-refractivity contribution >= 4 is 41.5 Å². The molecule has 1 aromatic carbocycles. The summed E-state index contributed by atoms with van der Waals surface area (Å²) >= 11 is 6.06. The van der Waals surface area contributed by atoms with Crippen LogP contribution in [-0.4, -0.2) is 19.0 Å². The van der Waals surface area contributed by atoms with Gasteiger partial charge < -0.3 is 11.1 Å². The largest absolute Gasteiger partial charge is 0.370 e. The first-order chi connectivity index (χ1) is 8.86. The van der Waals surface area contributed by atoms with E-state index in [1.54, 1.807) is 12.1 Å². The van der Waals surface area contributed by atoms with Gasteiger partial charge in [0.05, 0.1) is 6.54 Å². The first-order valence-corrected chi connectivity index (χ1v) is 6.35. The van der Waals surface area contributed by atoms with Crippen molar-refractivity contribution in [2.75, 3.05) is 13.1 Å². The number of hydrogen-bond donors (Lipinski definition) is 2. The fraction of sp³-hybridized carbons (Fsp3) is 0.357. The van der Waals surface area contributed by atoms with Gasteiger partial charge in [0, 0.05) is 17.0 Å². The summed E-state index contributed by atoms with van der Waals surface area (Å²) in [7, 11) is 0. The van der Waals surface area contributed by atoms with Crippen LogP contribution in [0, 0.1) is 5.82 Å². The number of nitrogens with zero attached hydrogens (tertiary/aromatic N) is 1. The SMILES string of the molecule is C=CCNC(N)=NCC(C)(C)c1ccc(F)cc1Cl.I. The van der Waals surface area contributed by atoms with Crippen LogP contribution in [0.15, 0.2) is 35.8 Å². The molecular weight excluding hydrogens is 392 g/mol. The highest BCUT2D eigenvalue weighted by molar-refractivity contribution is 14.0. The zero-order chi connectivity index (χ0) is 14.5. The molecule has 0 aromatic heterocycles. The fourth-order valence-electron chi connectivity index (χ4n) is 1.64. The molecule has 3 N–H and O–H groups in total. The normalized spacial score (nSPS) is 11.7. The monoisotopic (exact) mass is 411 g/mol. The van der Waals surface area contributed by atoms with Crippen LogP contribution < -0.4 is 11.1 Å². The molecule has 0 spiro atoms. The second-order valence-corrected chi connectivity index (χ2v) is 5.29. The Morgan fingerprint density at radius 1 is 1.55 bits per heavy atom. The minimum absolute atomic E-state index is 0. The van der Waals surface area contributed by atoms with E-state index in [-0.39, 0.29) is 35.2 Å². The number of nitrogens with one attached hydrogen (secondary N) is 1. The molecule has 0 unspecified atom stereocenters. The Morgan fingerprint density at radius 3 is 2.75 bits per heavy atom. The zero-order valence-electron chi connectivity index (χ0n) is 11.6. The van der Waals surface area contributed by atoms with Gasteiger partial charge in [0.25, 0.3) is 0 Å². The number of rotatable bonds is 5. The molecule has 0 aliphatic rings. The summed E-state index contributed by atoms with van der Waals surface area (Å²) in [6.45, 7) is 8.56. The molecule has 0 saturated heterocycles. The van der Waals surface area contributed by atoms with Crippen molar-refractivity contribution < 1.29 is 4.39 Å². The van der Waals surface area contributed by atoms with Gasteiger partial charge in [-0.3, -0.25) is 4.99 Å². The van der Waals surface area contributed by atoms with Crippen molar-refractivity contribution in [2.24, 2.45) is 10.7 Å². The van der Waals surface area contributed by atoms with Crippen molar-refractivity contribution in [3.63, 3.8) is 0 Å². The molecule has 0 heterocycles. The van der Waals surface area contributed by atoms with Crippen LogP contribution in [0.25, 0.3) is 0 Å². The van der Waals surface area contributed by atoms with Gasteiger partial charge in [-0.15, -0.1) is 30.6 Å². The standard InChI is InChI=1S/C14H19ClFN3.HI/c1-4-7-18-13(17)19-9-14(2,3)11-6-5-10(16)8-12(11)15;/h4-6,8H,1,7,9H2,2-3H3,(H3,17,18,19);1H. The summed E-state index contributed by atoms with van der Waals surface area (Å²) in [5.41, 5.74) is 6.22. The number of hydrogen-bond acceptors (Lipinski definition) is 1. The average molecular weight is 412 g/mol. The van der Waals surface area contributed by atoms with Crippen LogP contribution in [0.4, 0.5) is 4.39 Å². The number of guanidine groups is 1. The fourth-order valence-corrected chi connectivity index (χ4v) is 2.06. The first kappa shape index (κ1) is 19.2.